The van der Waals surface area contributed by atoms with E-state index in [1.54, 1.807) is 0 Å². The van der Waals surface area contributed by atoms with Crippen LogP contribution in [0.4, 0.5) is 0 Å². The van der Waals surface area contributed by atoms with Gasteiger partial charge in [0, 0.05) is 0 Å². The Labute approximate surface area is 108 Å². The molecule has 0 saturated heterocycles. The quantitative estimate of drug-likeness (QED) is 0.755. The lowest BCUT2D eigenvalue weighted by atomic mass is 10.1. The molecule has 1 atom stereocenters. The highest BCUT2D eigenvalue weighted by atomic mass is 16.5. The standard InChI is InChI=1S/C13H22N2O3/c1-5-7-11(13(16)17-6-2)14-8-12-15-9(3)10(4)18-12/h11,14H,5-8H2,1-4H3. The van der Waals surface area contributed by atoms with Gasteiger partial charge in [0.05, 0.1) is 18.8 Å². The third-order valence-corrected chi connectivity index (χ3v) is 2.72. The van der Waals surface area contributed by atoms with Crippen molar-refractivity contribution >= 4 is 5.97 Å². The Hall–Kier alpha value is -1.36. The molecule has 1 rings (SSSR count). The van der Waals surface area contributed by atoms with Gasteiger partial charge in [0.1, 0.15) is 11.8 Å². The average molecular weight is 254 g/mol. The maximum Gasteiger partial charge on any atom is 0.323 e. The molecule has 0 bridgehead atoms. The van der Waals surface area contributed by atoms with Crippen LogP contribution in [0.15, 0.2) is 4.42 Å². The summed E-state index contributed by atoms with van der Waals surface area (Å²) in [6.07, 6.45) is 1.66. The molecule has 5 heteroatoms. The fourth-order valence-corrected chi connectivity index (χ4v) is 1.66. The normalized spacial score (nSPS) is 12.4. The summed E-state index contributed by atoms with van der Waals surface area (Å²) in [4.78, 5) is 16.0. The number of nitrogens with zero attached hydrogens (tertiary/aromatic N) is 1. The molecule has 1 aromatic rings. The van der Waals surface area contributed by atoms with Crippen molar-refractivity contribution in [2.75, 3.05) is 6.61 Å². The lowest BCUT2D eigenvalue weighted by Crippen LogP contribution is -2.37. The van der Waals surface area contributed by atoms with Gasteiger partial charge in [-0.2, -0.15) is 0 Å². The van der Waals surface area contributed by atoms with Crippen molar-refractivity contribution < 1.29 is 13.9 Å². The van der Waals surface area contributed by atoms with Crippen molar-refractivity contribution in [2.24, 2.45) is 0 Å². The Balaban J connectivity index is 2.53. The summed E-state index contributed by atoms with van der Waals surface area (Å²) in [6.45, 7) is 8.46. The summed E-state index contributed by atoms with van der Waals surface area (Å²) in [5.74, 6) is 1.21. The van der Waals surface area contributed by atoms with Crippen LogP contribution in [0, 0.1) is 13.8 Å². The molecule has 0 aliphatic rings. The zero-order valence-electron chi connectivity index (χ0n) is 11.6. The van der Waals surface area contributed by atoms with E-state index in [2.05, 4.69) is 10.3 Å². The Bertz CT molecular complexity index is 368. The van der Waals surface area contributed by atoms with Crippen LogP contribution in [-0.2, 0) is 16.1 Å². The molecule has 0 aromatic carbocycles. The smallest absolute Gasteiger partial charge is 0.323 e. The first-order valence-corrected chi connectivity index (χ1v) is 6.41. The Morgan fingerprint density at radius 2 is 2.17 bits per heavy atom. The molecule has 0 saturated carbocycles. The molecule has 18 heavy (non-hydrogen) atoms. The van der Waals surface area contributed by atoms with Crippen molar-refractivity contribution in [3.63, 3.8) is 0 Å². The Morgan fingerprint density at radius 3 is 2.67 bits per heavy atom. The first-order chi connectivity index (χ1) is 8.58. The van der Waals surface area contributed by atoms with Crippen LogP contribution in [0.1, 0.15) is 44.0 Å². The number of hydrogen-bond donors (Lipinski definition) is 1. The lowest BCUT2D eigenvalue weighted by Gasteiger charge is -2.15. The first kappa shape index (κ1) is 14.7. The number of carbonyl (C=O) groups is 1. The van der Waals surface area contributed by atoms with Crippen LogP contribution in [0.25, 0.3) is 0 Å². The molecular formula is C13H22N2O3. The maximum absolute atomic E-state index is 11.7. The lowest BCUT2D eigenvalue weighted by molar-refractivity contribution is -0.145. The number of aromatic nitrogens is 1. The summed E-state index contributed by atoms with van der Waals surface area (Å²) < 4.78 is 10.5. The van der Waals surface area contributed by atoms with Crippen LogP contribution in [0.3, 0.4) is 0 Å². The topological polar surface area (TPSA) is 64.4 Å². The summed E-state index contributed by atoms with van der Waals surface area (Å²) >= 11 is 0. The molecule has 5 nitrogen and oxygen atoms in total. The van der Waals surface area contributed by atoms with Crippen molar-refractivity contribution in [3.8, 4) is 0 Å². The van der Waals surface area contributed by atoms with Crippen molar-refractivity contribution in [2.45, 2.75) is 53.1 Å². The summed E-state index contributed by atoms with van der Waals surface area (Å²) in [5.41, 5.74) is 0.884. The van der Waals surface area contributed by atoms with Crippen molar-refractivity contribution in [1.82, 2.24) is 10.3 Å². The molecule has 0 aliphatic heterocycles. The number of aryl methyl sites for hydroxylation is 2. The Kier molecular flexibility index (Phi) is 5.85. The van der Waals surface area contributed by atoms with Gasteiger partial charge < -0.3 is 9.15 Å². The fourth-order valence-electron chi connectivity index (χ4n) is 1.66. The monoisotopic (exact) mass is 254 g/mol. The zero-order chi connectivity index (χ0) is 13.5. The van der Waals surface area contributed by atoms with Gasteiger partial charge in [0.15, 0.2) is 0 Å². The highest BCUT2D eigenvalue weighted by molar-refractivity contribution is 5.75. The van der Waals surface area contributed by atoms with E-state index in [4.69, 9.17) is 9.15 Å². The number of carbonyl (C=O) groups excluding carboxylic acids is 1. The average Bonchev–Trinajstić information content (AvgIpc) is 2.64. The van der Waals surface area contributed by atoms with E-state index < -0.39 is 0 Å². The van der Waals surface area contributed by atoms with Crippen LogP contribution in [-0.4, -0.2) is 23.6 Å². The van der Waals surface area contributed by atoms with Gasteiger partial charge in [-0.15, -0.1) is 0 Å². The van der Waals surface area contributed by atoms with Gasteiger partial charge >= 0.3 is 5.97 Å². The van der Waals surface area contributed by atoms with Crippen LogP contribution in [0.5, 0.6) is 0 Å². The van der Waals surface area contributed by atoms with Gasteiger partial charge in [-0.25, -0.2) is 4.98 Å². The molecule has 0 amide bonds. The van der Waals surface area contributed by atoms with E-state index in [0.717, 1.165) is 24.3 Å². The summed E-state index contributed by atoms with van der Waals surface area (Å²) in [6, 6.07) is -0.289. The summed E-state index contributed by atoms with van der Waals surface area (Å²) in [5, 5.41) is 3.13. The number of esters is 1. The molecule has 0 radical (unpaired) electrons. The first-order valence-electron chi connectivity index (χ1n) is 6.41. The largest absolute Gasteiger partial charge is 0.465 e. The second-order valence-corrected chi connectivity index (χ2v) is 4.22. The molecule has 1 unspecified atom stereocenters. The number of hydrogen-bond acceptors (Lipinski definition) is 5. The third kappa shape index (κ3) is 4.14. The van der Waals surface area contributed by atoms with Gasteiger partial charge in [-0.3, -0.25) is 10.1 Å². The maximum atomic E-state index is 11.7. The SMILES string of the molecule is CCCC(NCc1nc(C)c(C)o1)C(=O)OCC. The molecule has 1 N–H and O–H groups in total. The molecule has 1 aromatic heterocycles. The van der Waals surface area contributed by atoms with E-state index in [1.165, 1.54) is 0 Å². The minimum atomic E-state index is -0.289. The Morgan fingerprint density at radius 1 is 1.44 bits per heavy atom. The van der Waals surface area contributed by atoms with E-state index >= 15 is 0 Å². The minimum Gasteiger partial charge on any atom is -0.465 e. The molecule has 1 heterocycles. The molecule has 102 valence electrons. The van der Waals surface area contributed by atoms with Gasteiger partial charge in [-0.05, 0) is 27.2 Å². The zero-order valence-corrected chi connectivity index (χ0v) is 11.6. The predicted molar refractivity (Wildman–Crippen MR) is 68.1 cm³/mol. The highest BCUT2D eigenvalue weighted by Gasteiger charge is 2.19. The molecule has 0 aliphatic carbocycles. The molecule has 0 fully saturated rings. The second kappa shape index (κ2) is 7.16. The van der Waals surface area contributed by atoms with E-state index in [1.807, 2.05) is 27.7 Å². The number of nitrogens with one attached hydrogen (secondary N) is 1. The van der Waals surface area contributed by atoms with Crippen molar-refractivity contribution in [1.29, 1.82) is 0 Å². The second-order valence-electron chi connectivity index (χ2n) is 4.22. The third-order valence-electron chi connectivity index (χ3n) is 2.72. The molecule has 0 spiro atoms. The minimum absolute atomic E-state index is 0.209. The van der Waals surface area contributed by atoms with E-state index in [0.29, 0.717) is 19.0 Å². The van der Waals surface area contributed by atoms with E-state index in [-0.39, 0.29) is 12.0 Å². The van der Waals surface area contributed by atoms with E-state index in [9.17, 15) is 4.79 Å². The van der Waals surface area contributed by atoms with Crippen molar-refractivity contribution in [3.05, 3.63) is 17.3 Å². The molecular weight excluding hydrogens is 232 g/mol. The van der Waals surface area contributed by atoms with Crippen LogP contribution >= 0.6 is 0 Å². The van der Waals surface area contributed by atoms with Gasteiger partial charge in [0.25, 0.3) is 0 Å². The summed E-state index contributed by atoms with van der Waals surface area (Å²) in [7, 11) is 0. The predicted octanol–water partition coefficient (Wildman–Crippen LogP) is 2.11. The fraction of sp³-hybridized carbons (Fsp3) is 0.692. The highest BCUT2D eigenvalue weighted by Crippen LogP contribution is 2.09. The number of oxazole rings is 1. The number of rotatable bonds is 7. The van der Waals surface area contributed by atoms with Crippen LogP contribution in [0.2, 0.25) is 0 Å². The number of ether oxygens (including phenoxy) is 1. The van der Waals surface area contributed by atoms with Gasteiger partial charge in [0.2, 0.25) is 5.89 Å². The van der Waals surface area contributed by atoms with Crippen LogP contribution < -0.4 is 5.32 Å². The van der Waals surface area contributed by atoms with Gasteiger partial charge in [-0.1, -0.05) is 13.3 Å².